The predicted molar refractivity (Wildman–Crippen MR) is 59.8 cm³/mol. The maximum atomic E-state index is 12.0. The van der Waals surface area contributed by atoms with Gasteiger partial charge >= 0.3 is 6.18 Å². The van der Waals surface area contributed by atoms with Gasteiger partial charge < -0.3 is 14.8 Å². The molecule has 0 saturated heterocycles. The fourth-order valence-electron chi connectivity index (χ4n) is 1.78. The van der Waals surface area contributed by atoms with E-state index in [0.29, 0.717) is 17.9 Å². The molecule has 0 saturated carbocycles. The van der Waals surface area contributed by atoms with Crippen molar-refractivity contribution in [2.45, 2.75) is 25.6 Å². The van der Waals surface area contributed by atoms with E-state index in [1.165, 1.54) is 0 Å². The highest BCUT2D eigenvalue weighted by atomic mass is 19.4. The summed E-state index contributed by atoms with van der Waals surface area (Å²) in [6.07, 6.45) is -3.67. The smallest absolute Gasteiger partial charge is 0.401 e. The molecule has 0 aromatic heterocycles. The van der Waals surface area contributed by atoms with E-state index in [4.69, 9.17) is 9.47 Å². The van der Waals surface area contributed by atoms with Crippen molar-refractivity contribution in [2.75, 3.05) is 13.3 Å². The van der Waals surface area contributed by atoms with Crippen LogP contribution in [0.2, 0.25) is 0 Å². The number of ether oxygens (including phenoxy) is 2. The van der Waals surface area contributed by atoms with Crippen LogP contribution in [-0.2, 0) is 6.42 Å². The Morgan fingerprint density at radius 1 is 1.28 bits per heavy atom. The monoisotopic (exact) mass is 261 g/mol. The minimum absolute atomic E-state index is 0.195. The molecule has 0 fully saturated rings. The number of hydrogen-bond acceptors (Lipinski definition) is 3. The SMILES string of the molecule is CC(Cc1ccc2c(c1)OCO2)NCC(F)(F)F. The number of nitrogens with one attached hydrogen (secondary N) is 1. The van der Waals surface area contributed by atoms with E-state index in [1.807, 2.05) is 6.07 Å². The molecular formula is C12H14F3NO2. The summed E-state index contributed by atoms with van der Waals surface area (Å²) in [4.78, 5) is 0. The Morgan fingerprint density at radius 3 is 2.72 bits per heavy atom. The molecule has 6 heteroatoms. The van der Waals surface area contributed by atoms with Gasteiger partial charge in [-0.1, -0.05) is 6.07 Å². The number of alkyl halides is 3. The van der Waals surface area contributed by atoms with Crippen LogP contribution in [0.15, 0.2) is 18.2 Å². The van der Waals surface area contributed by atoms with Crippen molar-refractivity contribution >= 4 is 0 Å². The molecule has 2 rings (SSSR count). The quantitative estimate of drug-likeness (QED) is 0.903. The molecule has 1 aliphatic rings. The first kappa shape index (κ1) is 13.0. The second-order valence-corrected chi connectivity index (χ2v) is 4.29. The van der Waals surface area contributed by atoms with Gasteiger partial charge in [-0.15, -0.1) is 0 Å². The third-order valence-electron chi connectivity index (χ3n) is 2.63. The van der Waals surface area contributed by atoms with Crippen LogP contribution in [0.3, 0.4) is 0 Å². The van der Waals surface area contributed by atoms with Gasteiger partial charge in [0, 0.05) is 6.04 Å². The van der Waals surface area contributed by atoms with Gasteiger partial charge in [0.2, 0.25) is 6.79 Å². The van der Waals surface area contributed by atoms with Crippen LogP contribution in [-0.4, -0.2) is 25.6 Å². The minimum Gasteiger partial charge on any atom is -0.454 e. The standard InChI is InChI=1S/C12H14F3NO2/c1-8(16-6-12(13,14)15)4-9-2-3-10-11(5-9)18-7-17-10/h2-3,5,8,16H,4,6-7H2,1H3. The van der Waals surface area contributed by atoms with E-state index in [9.17, 15) is 13.2 Å². The van der Waals surface area contributed by atoms with Crippen molar-refractivity contribution < 1.29 is 22.6 Å². The van der Waals surface area contributed by atoms with Crippen LogP contribution in [0, 0.1) is 0 Å². The molecule has 0 bridgehead atoms. The summed E-state index contributed by atoms with van der Waals surface area (Å²) in [5.41, 5.74) is 0.918. The number of benzene rings is 1. The molecule has 0 spiro atoms. The molecule has 1 aliphatic heterocycles. The number of hydrogen-bond donors (Lipinski definition) is 1. The van der Waals surface area contributed by atoms with Crippen LogP contribution in [0.25, 0.3) is 0 Å². The lowest BCUT2D eigenvalue weighted by Gasteiger charge is -2.15. The third-order valence-corrected chi connectivity index (χ3v) is 2.63. The normalized spacial score (nSPS) is 15.8. The Hall–Kier alpha value is -1.43. The molecule has 0 amide bonds. The maximum Gasteiger partial charge on any atom is 0.401 e. The molecule has 1 unspecified atom stereocenters. The first-order valence-corrected chi connectivity index (χ1v) is 5.63. The van der Waals surface area contributed by atoms with Gasteiger partial charge in [-0.25, -0.2) is 0 Å². The number of fused-ring (bicyclic) bond motifs is 1. The molecule has 1 heterocycles. The zero-order valence-electron chi connectivity index (χ0n) is 9.88. The van der Waals surface area contributed by atoms with Gasteiger partial charge in [0.1, 0.15) is 0 Å². The Labute approximate surface area is 103 Å². The molecule has 18 heavy (non-hydrogen) atoms. The van der Waals surface area contributed by atoms with E-state index in [-0.39, 0.29) is 12.8 Å². The Bertz CT molecular complexity index is 420. The van der Waals surface area contributed by atoms with Crippen molar-refractivity contribution in [1.29, 1.82) is 0 Å². The zero-order valence-corrected chi connectivity index (χ0v) is 9.88. The van der Waals surface area contributed by atoms with E-state index >= 15 is 0 Å². The second-order valence-electron chi connectivity index (χ2n) is 4.29. The largest absolute Gasteiger partial charge is 0.454 e. The molecule has 3 nitrogen and oxygen atoms in total. The molecule has 1 aromatic carbocycles. The van der Waals surface area contributed by atoms with Crippen LogP contribution in [0.4, 0.5) is 13.2 Å². The fourth-order valence-corrected chi connectivity index (χ4v) is 1.78. The van der Waals surface area contributed by atoms with Gasteiger partial charge in [-0.3, -0.25) is 0 Å². The van der Waals surface area contributed by atoms with E-state index in [2.05, 4.69) is 5.32 Å². The molecule has 1 atom stereocenters. The summed E-state index contributed by atoms with van der Waals surface area (Å²) in [6, 6.07) is 5.15. The van der Waals surface area contributed by atoms with Crippen LogP contribution in [0.1, 0.15) is 12.5 Å². The highest BCUT2D eigenvalue weighted by Gasteiger charge is 2.27. The van der Waals surface area contributed by atoms with Crippen LogP contribution in [0.5, 0.6) is 11.5 Å². The maximum absolute atomic E-state index is 12.0. The summed E-state index contributed by atoms with van der Waals surface area (Å²) in [6.45, 7) is 0.940. The van der Waals surface area contributed by atoms with E-state index < -0.39 is 12.7 Å². The van der Waals surface area contributed by atoms with Gasteiger partial charge in [-0.2, -0.15) is 13.2 Å². The summed E-state index contributed by atoms with van der Waals surface area (Å²) in [7, 11) is 0. The highest BCUT2D eigenvalue weighted by molar-refractivity contribution is 5.44. The zero-order chi connectivity index (χ0) is 13.2. The predicted octanol–water partition coefficient (Wildman–Crippen LogP) is 2.50. The van der Waals surface area contributed by atoms with Crippen molar-refractivity contribution in [2.24, 2.45) is 0 Å². The van der Waals surface area contributed by atoms with Gasteiger partial charge in [0.15, 0.2) is 11.5 Å². The lowest BCUT2D eigenvalue weighted by atomic mass is 10.1. The average molecular weight is 261 g/mol. The topological polar surface area (TPSA) is 30.5 Å². The van der Waals surface area contributed by atoms with Crippen LogP contribution < -0.4 is 14.8 Å². The Balaban J connectivity index is 1.89. The summed E-state index contributed by atoms with van der Waals surface area (Å²) >= 11 is 0. The lowest BCUT2D eigenvalue weighted by Crippen LogP contribution is -2.36. The molecule has 0 aliphatic carbocycles. The first-order chi connectivity index (χ1) is 8.44. The Kier molecular flexibility index (Phi) is 3.65. The second kappa shape index (κ2) is 5.06. The summed E-state index contributed by atoms with van der Waals surface area (Å²) in [5.74, 6) is 1.32. The van der Waals surface area contributed by atoms with Gasteiger partial charge in [0.05, 0.1) is 6.54 Å². The highest BCUT2D eigenvalue weighted by Crippen LogP contribution is 2.32. The molecule has 100 valence electrons. The van der Waals surface area contributed by atoms with Crippen molar-refractivity contribution in [3.05, 3.63) is 23.8 Å². The van der Waals surface area contributed by atoms with Crippen molar-refractivity contribution in [1.82, 2.24) is 5.32 Å². The third kappa shape index (κ3) is 3.53. The summed E-state index contributed by atoms with van der Waals surface area (Å²) in [5, 5.41) is 2.44. The van der Waals surface area contributed by atoms with Gasteiger partial charge in [0.25, 0.3) is 0 Å². The molecule has 0 radical (unpaired) electrons. The Morgan fingerprint density at radius 2 is 2.00 bits per heavy atom. The van der Waals surface area contributed by atoms with Crippen LogP contribution >= 0.6 is 0 Å². The molecule has 1 N–H and O–H groups in total. The van der Waals surface area contributed by atoms with Crippen molar-refractivity contribution in [3.8, 4) is 11.5 Å². The summed E-state index contributed by atoms with van der Waals surface area (Å²) < 4.78 is 46.5. The molecular weight excluding hydrogens is 247 g/mol. The fraction of sp³-hybridized carbons (Fsp3) is 0.500. The average Bonchev–Trinajstić information content (AvgIpc) is 2.72. The first-order valence-electron chi connectivity index (χ1n) is 5.63. The molecule has 1 aromatic rings. The van der Waals surface area contributed by atoms with Gasteiger partial charge in [-0.05, 0) is 31.0 Å². The van der Waals surface area contributed by atoms with E-state index in [1.54, 1.807) is 19.1 Å². The number of halogens is 3. The number of rotatable bonds is 4. The minimum atomic E-state index is -4.18. The lowest BCUT2D eigenvalue weighted by molar-refractivity contribution is -0.126. The van der Waals surface area contributed by atoms with E-state index in [0.717, 1.165) is 5.56 Å². The van der Waals surface area contributed by atoms with Crippen molar-refractivity contribution in [3.63, 3.8) is 0 Å².